The third-order valence-corrected chi connectivity index (χ3v) is 4.33. The van der Waals surface area contributed by atoms with Gasteiger partial charge in [0.1, 0.15) is 11.6 Å². The normalized spacial score (nSPS) is 11.2. The van der Waals surface area contributed by atoms with Crippen LogP contribution in [0.15, 0.2) is 45.9 Å². The summed E-state index contributed by atoms with van der Waals surface area (Å²) in [6, 6.07) is 6.77. The fourth-order valence-corrected chi connectivity index (χ4v) is 2.90. The molecule has 5 nitrogen and oxygen atoms in total. The van der Waals surface area contributed by atoms with Crippen molar-refractivity contribution in [3.8, 4) is 0 Å². The summed E-state index contributed by atoms with van der Waals surface area (Å²) in [7, 11) is -2.24. The summed E-state index contributed by atoms with van der Waals surface area (Å²) in [4.78, 5) is 3.92. The Morgan fingerprint density at radius 3 is 2.65 bits per heavy atom. The zero-order valence-electron chi connectivity index (χ0n) is 10.4. The van der Waals surface area contributed by atoms with Crippen molar-refractivity contribution >= 4 is 37.5 Å². The number of pyridine rings is 1. The number of sulfonamides is 1. The monoisotopic (exact) mass is 359 g/mol. The molecule has 0 aliphatic carbocycles. The minimum atomic E-state index is -3.87. The summed E-state index contributed by atoms with van der Waals surface area (Å²) in [5.41, 5.74) is -0.115. The van der Waals surface area contributed by atoms with Gasteiger partial charge in [0.15, 0.2) is 0 Å². The minimum absolute atomic E-state index is 0.000770. The molecule has 0 aliphatic rings. The van der Waals surface area contributed by atoms with Crippen LogP contribution in [0.2, 0.25) is 0 Å². The Bertz CT molecular complexity index is 737. The third kappa shape index (κ3) is 3.26. The smallest absolute Gasteiger partial charge is 0.262 e. The van der Waals surface area contributed by atoms with E-state index in [1.54, 1.807) is 13.1 Å². The lowest BCUT2D eigenvalue weighted by Crippen LogP contribution is -2.14. The minimum Gasteiger partial charge on any atom is -0.373 e. The molecule has 0 saturated carbocycles. The van der Waals surface area contributed by atoms with Crippen LogP contribution in [0.1, 0.15) is 0 Å². The zero-order valence-corrected chi connectivity index (χ0v) is 12.8. The van der Waals surface area contributed by atoms with Crippen LogP contribution < -0.4 is 10.0 Å². The lowest BCUT2D eigenvalue weighted by molar-refractivity contribution is 0.598. The van der Waals surface area contributed by atoms with E-state index in [0.29, 0.717) is 10.3 Å². The van der Waals surface area contributed by atoms with Crippen LogP contribution in [0.4, 0.5) is 15.9 Å². The van der Waals surface area contributed by atoms with Gasteiger partial charge in [-0.05, 0) is 24.3 Å². The molecule has 2 N–H and O–H groups in total. The van der Waals surface area contributed by atoms with E-state index >= 15 is 0 Å². The van der Waals surface area contributed by atoms with E-state index in [1.165, 1.54) is 30.5 Å². The third-order valence-electron chi connectivity index (χ3n) is 2.47. The quantitative estimate of drug-likeness (QED) is 0.880. The maximum Gasteiger partial charge on any atom is 0.262 e. The Kier molecular flexibility index (Phi) is 4.24. The highest BCUT2D eigenvalue weighted by Gasteiger charge is 2.17. The number of nitrogens with one attached hydrogen (secondary N) is 2. The van der Waals surface area contributed by atoms with Crippen molar-refractivity contribution in [2.75, 3.05) is 17.1 Å². The molecule has 2 aromatic rings. The van der Waals surface area contributed by atoms with E-state index in [0.717, 1.165) is 0 Å². The molecule has 0 aliphatic heterocycles. The molecule has 1 heterocycles. The average molecular weight is 360 g/mol. The van der Waals surface area contributed by atoms with Crippen LogP contribution in [0, 0.1) is 5.82 Å². The number of aromatic nitrogens is 1. The van der Waals surface area contributed by atoms with Gasteiger partial charge >= 0.3 is 0 Å². The molecular weight excluding hydrogens is 349 g/mol. The van der Waals surface area contributed by atoms with Crippen LogP contribution in [0.5, 0.6) is 0 Å². The van der Waals surface area contributed by atoms with Gasteiger partial charge in [-0.25, -0.2) is 17.8 Å². The van der Waals surface area contributed by atoms with Crippen molar-refractivity contribution in [2.45, 2.75) is 4.90 Å². The molecule has 8 heteroatoms. The Labute approximate surface area is 124 Å². The van der Waals surface area contributed by atoms with Gasteiger partial charge in [-0.2, -0.15) is 0 Å². The highest BCUT2D eigenvalue weighted by atomic mass is 79.9. The maximum absolute atomic E-state index is 13.7. The molecule has 0 atom stereocenters. The second-order valence-corrected chi connectivity index (χ2v) is 6.45. The zero-order chi connectivity index (χ0) is 14.8. The fraction of sp³-hybridized carbons (Fsp3) is 0.0833. The predicted molar refractivity (Wildman–Crippen MR) is 78.7 cm³/mol. The van der Waals surface area contributed by atoms with Gasteiger partial charge in [0.25, 0.3) is 10.0 Å². The summed E-state index contributed by atoms with van der Waals surface area (Å²) < 4.78 is 40.7. The van der Waals surface area contributed by atoms with E-state index in [1.807, 2.05) is 0 Å². The Morgan fingerprint density at radius 2 is 2.00 bits per heavy atom. The first-order valence-electron chi connectivity index (χ1n) is 5.54. The molecule has 1 aromatic carbocycles. The summed E-state index contributed by atoms with van der Waals surface area (Å²) >= 11 is 3.11. The molecule has 0 unspecified atom stereocenters. The maximum atomic E-state index is 13.7. The van der Waals surface area contributed by atoms with Gasteiger partial charge in [0.2, 0.25) is 0 Å². The van der Waals surface area contributed by atoms with E-state index in [-0.39, 0.29) is 10.6 Å². The largest absolute Gasteiger partial charge is 0.373 e. The average Bonchev–Trinajstić information content (AvgIpc) is 2.42. The standard InChI is InChI=1S/C12H11BrFN3O2S/c1-15-12-7-9(4-5-16-12)20(18,19)17-11-3-2-8(13)6-10(11)14/h2-7,17H,1H3,(H,15,16). The highest BCUT2D eigenvalue weighted by molar-refractivity contribution is 9.10. The molecule has 106 valence electrons. The van der Waals surface area contributed by atoms with Gasteiger partial charge in [-0.1, -0.05) is 15.9 Å². The van der Waals surface area contributed by atoms with Crippen molar-refractivity contribution in [1.82, 2.24) is 4.98 Å². The number of rotatable bonds is 4. The number of hydrogen-bond acceptors (Lipinski definition) is 4. The molecule has 1 aromatic heterocycles. The Morgan fingerprint density at radius 1 is 1.25 bits per heavy atom. The first-order valence-corrected chi connectivity index (χ1v) is 7.81. The Balaban J connectivity index is 2.35. The van der Waals surface area contributed by atoms with E-state index in [9.17, 15) is 12.8 Å². The van der Waals surface area contributed by atoms with Crippen molar-refractivity contribution in [3.63, 3.8) is 0 Å². The summed E-state index contributed by atoms with van der Waals surface area (Å²) in [6.07, 6.45) is 1.36. The van der Waals surface area contributed by atoms with Crippen LogP contribution in [-0.4, -0.2) is 20.4 Å². The molecule has 0 amide bonds. The second-order valence-electron chi connectivity index (χ2n) is 3.86. The molecule has 20 heavy (non-hydrogen) atoms. The van der Waals surface area contributed by atoms with Crippen LogP contribution in [0.3, 0.4) is 0 Å². The number of halogens is 2. The van der Waals surface area contributed by atoms with Gasteiger partial charge in [0, 0.05) is 23.8 Å². The highest BCUT2D eigenvalue weighted by Crippen LogP contribution is 2.23. The van der Waals surface area contributed by atoms with Crippen LogP contribution >= 0.6 is 15.9 Å². The topological polar surface area (TPSA) is 71.1 Å². The number of nitrogens with zero attached hydrogens (tertiary/aromatic N) is 1. The van der Waals surface area contributed by atoms with Crippen molar-refractivity contribution < 1.29 is 12.8 Å². The van der Waals surface area contributed by atoms with Gasteiger partial charge in [0.05, 0.1) is 10.6 Å². The van der Waals surface area contributed by atoms with Crippen LogP contribution in [0.25, 0.3) is 0 Å². The second kappa shape index (κ2) is 5.76. The lowest BCUT2D eigenvalue weighted by Gasteiger charge is -2.10. The number of benzene rings is 1. The number of anilines is 2. The van der Waals surface area contributed by atoms with Crippen LogP contribution in [-0.2, 0) is 10.0 Å². The van der Waals surface area contributed by atoms with Gasteiger partial charge in [-0.3, -0.25) is 4.72 Å². The van der Waals surface area contributed by atoms with E-state index < -0.39 is 15.8 Å². The summed E-state index contributed by atoms with van der Waals surface area (Å²) in [5, 5.41) is 2.74. The lowest BCUT2D eigenvalue weighted by atomic mass is 10.3. The Hall–Kier alpha value is -1.67. The first kappa shape index (κ1) is 14.7. The molecule has 0 saturated heterocycles. The van der Waals surface area contributed by atoms with Gasteiger partial charge in [-0.15, -0.1) is 0 Å². The van der Waals surface area contributed by atoms with E-state index in [2.05, 4.69) is 31.0 Å². The van der Waals surface area contributed by atoms with Crippen molar-refractivity contribution in [1.29, 1.82) is 0 Å². The molecule has 0 radical (unpaired) electrons. The molecule has 2 rings (SSSR count). The summed E-state index contributed by atoms with van der Waals surface area (Å²) in [5.74, 6) is -0.255. The first-order chi connectivity index (χ1) is 9.42. The predicted octanol–water partition coefficient (Wildman–Crippen LogP) is 2.83. The molecule has 0 fully saturated rings. The summed E-state index contributed by atoms with van der Waals surface area (Å²) in [6.45, 7) is 0. The van der Waals surface area contributed by atoms with Gasteiger partial charge < -0.3 is 5.32 Å². The fourth-order valence-electron chi connectivity index (χ4n) is 1.49. The number of hydrogen-bond donors (Lipinski definition) is 2. The van der Waals surface area contributed by atoms with Crippen molar-refractivity contribution in [3.05, 3.63) is 46.8 Å². The molecule has 0 spiro atoms. The van der Waals surface area contributed by atoms with E-state index in [4.69, 9.17) is 0 Å². The SMILES string of the molecule is CNc1cc(S(=O)(=O)Nc2ccc(Br)cc2F)ccn1. The van der Waals surface area contributed by atoms with Crippen molar-refractivity contribution in [2.24, 2.45) is 0 Å². The molecular formula is C12H11BrFN3O2S. The molecule has 0 bridgehead atoms.